The van der Waals surface area contributed by atoms with Crippen molar-refractivity contribution in [3.05, 3.63) is 71.7 Å². The molecule has 1 unspecified atom stereocenters. The van der Waals surface area contributed by atoms with Crippen LogP contribution >= 0.6 is 0 Å². The number of hydrogen-bond donors (Lipinski definition) is 1. The quantitative estimate of drug-likeness (QED) is 0.401. The number of benzene rings is 2. The molecule has 1 atom stereocenters. The first kappa shape index (κ1) is 24.4. The largest absolute Gasteiger partial charge is 0.439 e. The Labute approximate surface area is 200 Å². The molecule has 1 aliphatic carbocycles. The predicted molar refractivity (Wildman–Crippen MR) is 130 cm³/mol. The minimum absolute atomic E-state index is 0.0774. The summed E-state index contributed by atoms with van der Waals surface area (Å²) >= 11 is 0. The van der Waals surface area contributed by atoms with E-state index in [1.807, 2.05) is 51.1 Å². The highest BCUT2D eigenvalue weighted by Crippen LogP contribution is 2.34. The average Bonchev–Trinajstić information content (AvgIpc) is 3.59. The van der Waals surface area contributed by atoms with Crippen LogP contribution in [0.4, 0.5) is 4.39 Å². The van der Waals surface area contributed by atoms with Crippen molar-refractivity contribution < 1.29 is 19.0 Å². The SMILES string of the molecule is Cc1nn(-c2ccccc2)c(Oc2ccc(F)cc2)c1CN(CC(O)COC(C)C)CC1CC1. The molecule has 1 saturated carbocycles. The highest BCUT2D eigenvalue weighted by molar-refractivity contribution is 5.43. The van der Waals surface area contributed by atoms with E-state index in [9.17, 15) is 9.50 Å². The maximum atomic E-state index is 13.5. The third kappa shape index (κ3) is 6.65. The van der Waals surface area contributed by atoms with E-state index in [0.717, 1.165) is 23.5 Å². The monoisotopic (exact) mass is 467 g/mol. The number of hydrogen-bond acceptors (Lipinski definition) is 5. The van der Waals surface area contributed by atoms with E-state index in [1.165, 1.54) is 25.0 Å². The fourth-order valence-electron chi connectivity index (χ4n) is 3.93. The van der Waals surface area contributed by atoms with E-state index in [1.54, 1.807) is 16.8 Å². The van der Waals surface area contributed by atoms with Gasteiger partial charge < -0.3 is 14.6 Å². The predicted octanol–water partition coefficient (Wildman–Crippen LogP) is 5.11. The van der Waals surface area contributed by atoms with Gasteiger partial charge >= 0.3 is 0 Å². The Hall–Kier alpha value is -2.74. The van der Waals surface area contributed by atoms with Gasteiger partial charge in [0.05, 0.1) is 35.8 Å². The lowest BCUT2D eigenvalue weighted by Crippen LogP contribution is -2.36. The number of halogens is 1. The molecule has 0 radical (unpaired) electrons. The molecule has 0 saturated heterocycles. The molecular weight excluding hydrogens is 433 g/mol. The number of ether oxygens (including phenoxy) is 2. The van der Waals surface area contributed by atoms with Crippen molar-refractivity contribution >= 4 is 0 Å². The van der Waals surface area contributed by atoms with Crippen molar-refractivity contribution in [1.82, 2.24) is 14.7 Å². The third-order valence-electron chi connectivity index (χ3n) is 5.85. The summed E-state index contributed by atoms with van der Waals surface area (Å²) in [4.78, 5) is 2.27. The summed E-state index contributed by atoms with van der Waals surface area (Å²) in [6.07, 6.45) is 1.94. The van der Waals surface area contributed by atoms with E-state index < -0.39 is 6.10 Å². The molecule has 2 aromatic carbocycles. The van der Waals surface area contributed by atoms with Crippen molar-refractivity contribution in [1.29, 1.82) is 0 Å². The molecule has 1 heterocycles. The van der Waals surface area contributed by atoms with Crippen molar-refractivity contribution in [2.75, 3.05) is 19.7 Å². The van der Waals surface area contributed by atoms with E-state index in [4.69, 9.17) is 14.6 Å². The fraction of sp³-hybridized carbons (Fsp3) is 0.444. The van der Waals surface area contributed by atoms with E-state index >= 15 is 0 Å². The van der Waals surface area contributed by atoms with Crippen LogP contribution in [0.25, 0.3) is 5.69 Å². The van der Waals surface area contributed by atoms with Crippen molar-refractivity contribution in [3.8, 4) is 17.3 Å². The van der Waals surface area contributed by atoms with Crippen LogP contribution in [0.2, 0.25) is 0 Å². The second-order valence-electron chi connectivity index (χ2n) is 9.35. The molecule has 0 bridgehead atoms. The first-order valence-corrected chi connectivity index (χ1v) is 12.0. The smallest absolute Gasteiger partial charge is 0.227 e. The average molecular weight is 468 g/mol. The third-order valence-corrected chi connectivity index (χ3v) is 5.85. The van der Waals surface area contributed by atoms with Gasteiger partial charge in [-0.05, 0) is 75.9 Å². The first-order valence-electron chi connectivity index (χ1n) is 12.0. The van der Waals surface area contributed by atoms with Gasteiger partial charge in [0.15, 0.2) is 0 Å². The number of para-hydroxylation sites is 1. The normalized spacial score (nSPS) is 14.7. The summed E-state index contributed by atoms with van der Waals surface area (Å²) in [5.41, 5.74) is 2.69. The van der Waals surface area contributed by atoms with Crippen LogP contribution in [0.5, 0.6) is 11.6 Å². The number of aliphatic hydroxyl groups is 1. The maximum Gasteiger partial charge on any atom is 0.227 e. The van der Waals surface area contributed by atoms with Gasteiger partial charge in [-0.25, -0.2) is 9.07 Å². The van der Waals surface area contributed by atoms with Crippen LogP contribution in [-0.2, 0) is 11.3 Å². The Morgan fingerprint density at radius 3 is 2.47 bits per heavy atom. The van der Waals surface area contributed by atoms with Gasteiger partial charge in [0.25, 0.3) is 0 Å². The molecule has 182 valence electrons. The Bertz CT molecular complexity index is 1050. The van der Waals surface area contributed by atoms with Crippen LogP contribution < -0.4 is 4.74 Å². The molecule has 1 fully saturated rings. The number of rotatable bonds is 12. The molecule has 34 heavy (non-hydrogen) atoms. The number of aryl methyl sites for hydroxylation is 1. The number of nitrogens with zero attached hydrogens (tertiary/aromatic N) is 3. The lowest BCUT2D eigenvalue weighted by Gasteiger charge is -2.26. The number of aliphatic hydroxyl groups excluding tert-OH is 1. The zero-order chi connectivity index (χ0) is 24.1. The molecule has 3 aromatic rings. The Balaban J connectivity index is 1.62. The molecule has 0 amide bonds. The summed E-state index contributed by atoms with van der Waals surface area (Å²) in [5.74, 6) is 1.49. The van der Waals surface area contributed by atoms with Gasteiger partial charge in [-0.1, -0.05) is 18.2 Å². The van der Waals surface area contributed by atoms with Gasteiger partial charge in [0, 0.05) is 19.6 Å². The summed E-state index contributed by atoms with van der Waals surface area (Å²) < 4.78 is 27.2. The molecule has 1 aromatic heterocycles. The van der Waals surface area contributed by atoms with E-state index in [2.05, 4.69) is 4.90 Å². The Kier molecular flexibility index (Phi) is 7.98. The summed E-state index contributed by atoms with van der Waals surface area (Å²) in [6.45, 7) is 8.22. The van der Waals surface area contributed by atoms with Crippen LogP contribution in [0.15, 0.2) is 54.6 Å². The van der Waals surface area contributed by atoms with Gasteiger partial charge in [-0.15, -0.1) is 0 Å². The number of aromatic nitrogens is 2. The van der Waals surface area contributed by atoms with Gasteiger partial charge in [-0.3, -0.25) is 4.90 Å². The van der Waals surface area contributed by atoms with Gasteiger partial charge in [0.2, 0.25) is 5.88 Å². The Morgan fingerprint density at radius 1 is 1.12 bits per heavy atom. The molecule has 0 spiro atoms. The highest BCUT2D eigenvalue weighted by atomic mass is 19.1. The minimum Gasteiger partial charge on any atom is -0.439 e. The molecule has 7 heteroatoms. The zero-order valence-electron chi connectivity index (χ0n) is 20.2. The molecule has 1 N–H and O–H groups in total. The molecular formula is C27H34FN3O3. The van der Waals surface area contributed by atoms with Gasteiger partial charge in [0.1, 0.15) is 11.6 Å². The first-order chi connectivity index (χ1) is 16.4. The van der Waals surface area contributed by atoms with Crippen molar-refractivity contribution in [2.45, 2.75) is 52.4 Å². The summed E-state index contributed by atoms with van der Waals surface area (Å²) in [5, 5.41) is 15.4. The summed E-state index contributed by atoms with van der Waals surface area (Å²) in [7, 11) is 0. The van der Waals surface area contributed by atoms with Crippen molar-refractivity contribution in [2.24, 2.45) is 5.92 Å². The highest BCUT2D eigenvalue weighted by Gasteiger charge is 2.28. The van der Waals surface area contributed by atoms with Crippen LogP contribution in [0.3, 0.4) is 0 Å². The molecule has 4 rings (SSSR count). The van der Waals surface area contributed by atoms with E-state index in [0.29, 0.717) is 37.2 Å². The van der Waals surface area contributed by atoms with Crippen LogP contribution in [0.1, 0.15) is 37.9 Å². The molecule has 0 aliphatic heterocycles. The standard InChI is InChI=1S/C27H34FN3O3/c1-19(2)33-18-24(32)16-30(15-21-9-10-21)17-26-20(3)29-31(23-7-5-4-6-8-23)27(26)34-25-13-11-22(28)12-14-25/h4-8,11-14,19,21,24,32H,9-10,15-18H2,1-3H3. The van der Waals surface area contributed by atoms with Crippen molar-refractivity contribution in [3.63, 3.8) is 0 Å². The second kappa shape index (κ2) is 11.1. The van der Waals surface area contributed by atoms with E-state index in [-0.39, 0.29) is 11.9 Å². The van der Waals surface area contributed by atoms with Crippen LogP contribution in [0, 0.1) is 18.7 Å². The topological polar surface area (TPSA) is 59.8 Å². The summed E-state index contributed by atoms with van der Waals surface area (Å²) in [6, 6.07) is 15.8. The zero-order valence-corrected chi connectivity index (χ0v) is 20.2. The minimum atomic E-state index is -0.577. The molecule has 1 aliphatic rings. The second-order valence-corrected chi connectivity index (χ2v) is 9.35. The van der Waals surface area contributed by atoms with Gasteiger partial charge in [-0.2, -0.15) is 5.10 Å². The molecule has 6 nitrogen and oxygen atoms in total. The van der Waals surface area contributed by atoms with Crippen LogP contribution in [-0.4, -0.2) is 51.7 Å². The lowest BCUT2D eigenvalue weighted by atomic mass is 10.2. The lowest BCUT2D eigenvalue weighted by molar-refractivity contribution is -0.0101. The maximum absolute atomic E-state index is 13.5. The Morgan fingerprint density at radius 2 is 1.82 bits per heavy atom. The fourth-order valence-corrected chi connectivity index (χ4v) is 3.93.